The molecule has 186 valence electrons. The Bertz CT molecular complexity index is 1420. The topological polar surface area (TPSA) is 136 Å². The maximum atomic E-state index is 13.4. The number of amides is 2. The number of halogens is 1. The minimum absolute atomic E-state index is 0.00140. The molecule has 0 radical (unpaired) electrons. The smallest absolute Gasteiger partial charge is 0.310 e. The maximum Gasteiger partial charge on any atom is 0.310 e. The van der Waals surface area contributed by atoms with Gasteiger partial charge in [0.15, 0.2) is 0 Å². The highest BCUT2D eigenvalue weighted by Gasteiger charge is 2.42. The number of fused-ring (bicyclic) bond motifs is 2. The van der Waals surface area contributed by atoms with Crippen LogP contribution in [0.25, 0.3) is 10.1 Å². The molecule has 35 heavy (non-hydrogen) atoms. The van der Waals surface area contributed by atoms with Crippen molar-refractivity contribution in [2.75, 3.05) is 33.2 Å². The first-order valence-corrected chi connectivity index (χ1v) is 13.4. The number of hydrogen-bond donors (Lipinski definition) is 2. The summed E-state index contributed by atoms with van der Waals surface area (Å²) in [6.07, 6.45) is 0.424. The van der Waals surface area contributed by atoms with Crippen molar-refractivity contribution >= 4 is 54.9 Å². The summed E-state index contributed by atoms with van der Waals surface area (Å²) in [5, 5.41) is 14.5. The minimum Gasteiger partial charge on any atom is -0.436 e. The van der Waals surface area contributed by atoms with E-state index in [4.69, 9.17) is 16.0 Å². The first-order chi connectivity index (χ1) is 16.7. The van der Waals surface area contributed by atoms with Crippen LogP contribution in [0.2, 0.25) is 5.02 Å². The van der Waals surface area contributed by atoms with Gasteiger partial charge in [-0.2, -0.15) is 9.37 Å². The molecule has 3 aromatic rings. The van der Waals surface area contributed by atoms with Crippen LogP contribution in [0.5, 0.6) is 0 Å². The van der Waals surface area contributed by atoms with E-state index in [1.807, 2.05) is 0 Å². The Kier molecular flexibility index (Phi) is 6.32. The van der Waals surface area contributed by atoms with Crippen molar-refractivity contribution in [2.24, 2.45) is 0 Å². The Morgan fingerprint density at radius 1 is 1.26 bits per heavy atom. The molecule has 2 amide bonds. The van der Waals surface area contributed by atoms with Crippen molar-refractivity contribution in [3.05, 3.63) is 46.6 Å². The zero-order valence-corrected chi connectivity index (χ0v) is 21.0. The van der Waals surface area contributed by atoms with Crippen LogP contribution in [0.3, 0.4) is 0 Å². The number of carbonyl (C=O) groups is 2. The molecule has 0 aliphatic carbocycles. The molecule has 2 aliphatic rings. The maximum absolute atomic E-state index is 13.4. The number of aromatic nitrogens is 1. The molecule has 4 heterocycles. The molecule has 2 aliphatic heterocycles. The van der Waals surface area contributed by atoms with E-state index < -0.39 is 27.9 Å². The van der Waals surface area contributed by atoms with Gasteiger partial charge in [0.1, 0.15) is 16.0 Å². The average Bonchev–Trinajstić information content (AvgIpc) is 3.46. The van der Waals surface area contributed by atoms with Crippen molar-refractivity contribution in [2.45, 2.75) is 23.2 Å². The van der Waals surface area contributed by atoms with E-state index in [0.717, 1.165) is 26.5 Å². The predicted octanol–water partition coefficient (Wildman–Crippen LogP) is 1.55. The van der Waals surface area contributed by atoms with Gasteiger partial charge in [-0.15, -0.1) is 11.3 Å². The average molecular weight is 540 g/mol. The minimum atomic E-state index is -3.92. The monoisotopic (exact) mass is 539 g/mol. The summed E-state index contributed by atoms with van der Waals surface area (Å²) in [5.41, 5.74) is 0.584. The molecule has 0 bridgehead atoms. The molecule has 14 heteroatoms. The van der Waals surface area contributed by atoms with E-state index in [1.165, 1.54) is 16.3 Å². The summed E-state index contributed by atoms with van der Waals surface area (Å²) >= 11 is 7.14. The Morgan fingerprint density at radius 3 is 2.83 bits per heavy atom. The van der Waals surface area contributed by atoms with Crippen LogP contribution in [-0.4, -0.2) is 84.0 Å². The first kappa shape index (κ1) is 24.2. The summed E-state index contributed by atoms with van der Waals surface area (Å²) in [7, 11) is -2.49. The highest BCUT2D eigenvalue weighted by Crippen LogP contribution is 2.33. The van der Waals surface area contributed by atoms with E-state index >= 15 is 0 Å². The fraction of sp³-hybridized carbons (Fsp3) is 0.381. The van der Waals surface area contributed by atoms with Gasteiger partial charge in [0, 0.05) is 49.4 Å². The molecular weight excluding hydrogens is 518 g/mol. The number of rotatable bonds is 4. The van der Waals surface area contributed by atoms with Crippen LogP contribution in [0.1, 0.15) is 22.1 Å². The summed E-state index contributed by atoms with van der Waals surface area (Å²) in [6, 6.07) is 5.66. The Hall–Kier alpha value is -2.55. The molecule has 11 nitrogen and oxygen atoms in total. The highest BCUT2D eigenvalue weighted by atomic mass is 35.5. The van der Waals surface area contributed by atoms with E-state index in [-0.39, 0.29) is 36.3 Å². The van der Waals surface area contributed by atoms with Gasteiger partial charge in [-0.1, -0.05) is 17.7 Å². The number of thiophene rings is 1. The number of carbonyl (C=O) groups excluding carboxylic acids is 2. The van der Waals surface area contributed by atoms with Gasteiger partial charge in [0.25, 0.3) is 15.9 Å². The largest absolute Gasteiger partial charge is 0.436 e. The quantitative estimate of drug-likeness (QED) is 0.509. The molecule has 1 saturated heterocycles. The van der Waals surface area contributed by atoms with Gasteiger partial charge in [-0.05, 0) is 23.6 Å². The lowest BCUT2D eigenvalue weighted by atomic mass is 10.1. The number of oxazole rings is 1. The SMILES string of the molecule is CNC(=O)C1CN(S(=O)(=O)c2cc3ccc(Cl)cc3s2)CCN1C(=O)c1nc2c(o1)CN(O)CC2. The Balaban J connectivity index is 1.40. The van der Waals surface area contributed by atoms with Crippen LogP contribution in [0, 0.1) is 0 Å². The van der Waals surface area contributed by atoms with Gasteiger partial charge in [0.2, 0.25) is 5.91 Å². The second-order valence-corrected chi connectivity index (χ2v) is 12.0. The third-order valence-electron chi connectivity index (χ3n) is 6.10. The lowest BCUT2D eigenvalue weighted by molar-refractivity contribution is -0.126. The lowest BCUT2D eigenvalue weighted by Gasteiger charge is -2.38. The van der Waals surface area contributed by atoms with E-state index in [9.17, 15) is 23.2 Å². The Labute approximate surface area is 209 Å². The van der Waals surface area contributed by atoms with Crippen molar-refractivity contribution < 1.29 is 27.6 Å². The molecule has 5 rings (SSSR count). The molecule has 1 fully saturated rings. The van der Waals surface area contributed by atoms with E-state index in [2.05, 4.69) is 10.3 Å². The lowest BCUT2D eigenvalue weighted by Crippen LogP contribution is -2.61. The van der Waals surface area contributed by atoms with Crippen molar-refractivity contribution in [1.82, 2.24) is 24.6 Å². The normalized spacial score (nSPS) is 19.6. The second-order valence-electron chi connectivity index (χ2n) is 8.27. The number of benzene rings is 1. The Morgan fingerprint density at radius 2 is 2.06 bits per heavy atom. The van der Waals surface area contributed by atoms with Gasteiger partial charge < -0.3 is 19.8 Å². The van der Waals surface area contributed by atoms with Crippen molar-refractivity contribution in [3.8, 4) is 0 Å². The van der Waals surface area contributed by atoms with Crippen LogP contribution < -0.4 is 5.32 Å². The third kappa shape index (κ3) is 4.43. The molecular formula is C21H22ClN5O6S2. The number of likely N-dealkylation sites (N-methyl/N-ethyl adjacent to an activating group) is 1. The zero-order valence-electron chi connectivity index (χ0n) is 18.6. The predicted molar refractivity (Wildman–Crippen MR) is 127 cm³/mol. The van der Waals surface area contributed by atoms with E-state index in [0.29, 0.717) is 29.4 Å². The van der Waals surface area contributed by atoms with Crippen LogP contribution in [0.15, 0.2) is 32.9 Å². The van der Waals surface area contributed by atoms with Crippen molar-refractivity contribution in [1.29, 1.82) is 0 Å². The van der Waals surface area contributed by atoms with Gasteiger partial charge >= 0.3 is 5.91 Å². The van der Waals surface area contributed by atoms with Crippen molar-refractivity contribution in [3.63, 3.8) is 0 Å². The number of hydrogen-bond acceptors (Lipinski definition) is 9. The molecule has 2 aromatic heterocycles. The molecule has 0 saturated carbocycles. The molecule has 1 unspecified atom stereocenters. The van der Waals surface area contributed by atoms with Gasteiger partial charge in [-0.3, -0.25) is 9.59 Å². The first-order valence-electron chi connectivity index (χ1n) is 10.8. The van der Waals surface area contributed by atoms with Gasteiger partial charge in [-0.25, -0.2) is 13.4 Å². The summed E-state index contributed by atoms with van der Waals surface area (Å²) in [5.74, 6) is -0.896. The molecule has 0 spiro atoms. The van der Waals surface area contributed by atoms with Crippen LogP contribution >= 0.6 is 22.9 Å². The summed E-state index contributed by atoms with van der Waals surface area (Å²) < 4.78 is 34.5. The number of piperazine rings is 1. The van der Waals surface area contributed by atoms with E-state index in [1.54, 1.807) is 24.3 Å². The number of nitrogens with zero attached hydrogens (tertiary/aromatic N) is 4. The molecule has 1 aromatic carbocycles. The fourth-order valence-corrected chi connectivity index (χ4v) is 7.51. The van der Waals surface area contributed by atoms with Gasteiger partial charge in [0.05, 0.1) is 12.2 Å². The summed E-state index contributed by atoms with van der Waals surface area (Å²) in [6.45, 7) is 0.246. The standard InChI is InChI=1S/C21H22ClN5O6S2/c1-23-19(28)15-10-26(35(31,32)18-8-12-2-3-13(22)9-17(12)34-18)6-7-27(15)21(29)20-24-14-4-5-25(30)11-16(14)33-20/h2-3,8-9,15,30H,4-7,10-11H2,1H3,(H,23,28). The fourth-order valence-electron chi connectivity index (χ4n) is 4.24. The van der Waals surface area contributed by atoms with Crippen LogP contribution in [-0.2, 0) is 27.8 Å². The third-order valence-corrected chi connectivity index (χ3v) is 9.75. The summed E-state index contributed by atoms with van der Waals surface area (Å²) in [4.78, 5) is 31.5. The number of nitrogens with one attached hydrogen (secondary N) is 1. The molecule has 1 atom stereocenters. The second kappa shape index (κ2) is 9.15. The number of hydroxylamine groups is 2. The zero-order chi connectivity index (χ0) is 24.9. The highest BCUT2D eigenvalue weighted by molar-refractivity contribution is 7.91. The number of sulfonamides is 1. The van der Waals surface area contributed by atoms with Crippen LogP contribution in [0.4, 0.5) is 0 Å². The molecule has 2 N–H and O–H groups in total.